The van der Waals surface area contributed by atoms with Gasteiger partial charge in [0.15, 0.2) is 0 Å². The van der Waals surface area contributed by atoms with E-state index in [1.807, 2.05) is 0 Å². The Morgan fingerprint density at radius 3 is 2.07 bits per heavy atom. The predicted molar refractivity (Wildman–Crippen MR) is 170 cm³/mol. The van der Waals surface area contributed by atoms with Crippen molar-refractivity contribution in [3.63, 3.8) is 0 Å². The van der Waals surface area contributed by atoms with E-state index in [1.165, 1.54) is 17.8 Å². The Morgan fingerprint density at radius 2 is 1.40 bits per heavy atom. The first-order valence-electron chi connectivity index (χ1n) is 13.3. The van der Waals surface area contributed by atoms with Gasteiger partial charge in [-0.2, -0.15) is 0 Å². The number of halogens is 1. The van der Waals surface area contributed by atoms with Gasteiger partial charge >= 0.3 is 5.97 Å². The molecular formula is C33H28ClN3O5S. The summed E-state index contributed by atoms with van der Waals surface area (Å²) < 4.78 is 4.96. The molecule has 0 spiro atoms. The number of hydrogen-bond donors (Lipinski definition) is 3. The molecule has 0 heterocycles. The minimum Gasteiger partial charge on any atom is -0.462 e. The largest absolute Gasteiger partial charge is 0.462 e. The number of ether oxygens (including phenoxy) is 1. The maximum absolute atomic E-state index is 13.2. The minimum atomic E-state index is -0.530. The highest BCUT2D eigenvalue weighted by molar-refractivity contribution is 8.00. The number of benzene rings is 4. The van der Waals surface area contributed by atoms with Crippen LogP contribution in [0.4, 0.5) is 11.4 Å². The van der Waals surface area contributed by atoms with Crippen molar-refractivity contribution in [2.75, 3.05) is 23.0 Å². The third-order valence-corrected chi connectivity index (χ3v) is 7.25. The number of esters is 1. The molecule has 0 aromatic heterocycles. The Morgan fingerprint density at radius 1 is 0.767 bits per heavy atom. The van der Waals surface area contributed by atoms with Crippen LogP contribution >= 0.6 is 23.4 Å². The second kappa shape index (κ2) is 15.4. The molecule has 0 bridgehead atoms. The lowest BCUT2D eigenvalue weighted by atomic mass is 10.1. The van der Waals surface area contributed by atoms with Gasteiger partial charge in [-0.3, -0.25) is 14.4 Å². The van der Waals surface area contributed by atoms with Crippen molar-refractivity contribution in [1.29, 1.82) is 0 Å². The standard InChI is InChI=1S/C33H28ClN3O5S/c1-2-42-33(41)23-12-14-25(15-13-23)35-30(38)21-43-27-18-16-26(17-19-27)36-32(40)29(20-24-10-6-7-11-28(24)34)37-31(39)22-8-4-3-5-9-22/h3-20H,2,21H2,1H3,(H,35,38)(H,36,40)(H,37,39)/b29-20-. The lowest BCUT2D eigenvalue weighted by molar-refractivity contribution is -0.114. The average Bonchev–Trinajstić information content (AvgIpc) is 3.02. The van der Waals surface area contributed by atoms with Crippen molar-refractivity contribution < 1.29 is 23.9 Å². The van der Waals surface area contributed by atoms with Gasteiger partial charge in [-0.1, -0.05) is 48.0 Å². The van der Waals surface area contributed by atoms with Crippen LogP contribution in [0.5, 0.6) is 0 Å². The molecule has 0 saturated heterocycles. The Kier molecular flexibility index (Phi) is 11.1. The summed E-state index contributed by atoms with van der Waals surface area (Å²) in [5.74, 6) is -1.44. The summed E-state index contributed by atoms with van der Waals surface area (Å²) >= 11 is 7.62. The summed E-state index contributed by atoms with van der Waals surface area (Å²) in [5.41, 5.74) is 2.47. The number of rotatable bonds is 11. The molecule has 3 amide bonds. The van der Waals surface area contributed by atoms with Gasteiger partial charge in [0, 0.05) is 26.9 Å². The summed E-state index contributed by atoms with van der Waals surface area (Å²) in [4.78, 5) is 51.1. The summed E-state index contributed by atoms with van der Waals surface area (Å²) in [5, 5.41) is 8.71. The number of thioether (sulfide) groups is 1. The molecular weight excluding hydrogens is 586 g/mol. The molecule has 0 unspecified atom stereocenters. The fraction of sp³-hybridized carbons (Fsp3) is 0.0909. The van der Waals surface area contributed by atoms with Crippen molar-refractivity contribution in [1.82, 2.24) is 5.32 Å². The molecule has 0 radical (unpaired) electrons. The van der Waals surface area contributed by atoms with E-state index in [-0.39, 0.29) is 24.0 Å². The first-order valence-corrected chi connectivity index (χ1v) is 14.6. The van der Waals surface area contributed by atoms with Crippen molar-refractivity contribution in [3.05, 3.63) is 131 Å². The third-order valence-electron chi connectivity index (χ3n) is 5.90. The van der Waals surface area contributed by atoms with Crippen LogP contribution in [0.3, 0.4) is 0 Å². The molecule has 8 nitrogen and oxygen atoms in total. The highest BCUT2D eigenvalue weighted by atomic mass is 35.5. The first kappa shape index (κ1) is 31.1. The molecule has 218 valence electrons. The van der Waals surface area contributed by atoms with Gasteiger partial charge in [0.1, 0.15) is 5.70 Å². The minimum absolute atomic E-state index is 0.0207. The van der Waals surface area contributed by atoms with E-state index in [4.69, 9.17) is 16.3 Å². The van der Waals surface area contributed by atoms with E-state index in [0.29, 0.717) is 33.1 Å². The molecule has 0 aliphatic heterocycles. The fourth-order valence-electron chi connectivity index (χ4n) is 3.77. The van der Waals surface area contributed by atoms with Crippen LogP contribution in [-0.4, -0.2) is 36.1 Å². The SMILES string of the molecule is CCOC(=O)c1ccc(NC(=O)CSc2ccc(NC(=O)/C(=C/c3ccccc3Cl)NC(=O)c3ccccc3)cc2)cc1. The maximum atomic E-state index is 13.2. The molecule has 3 N–H and O–H groups in total. The average molecular weight is 614 g/mol. The first-order chi connectivity index (χ1) is 20.8. The zero-order valence-corrected chi connectivity index (χ0v) is 24.7. The lowest BCUT2D eigenvalue weighted by Gasteiger charge is -2.12. The second-order valence-electron chi connectivity index (χ2n) is 9.01. The topological polar surface area (TPSA) is 114 Å². The van der Waals surface area contributed by atoms with E-state index in [9.17, 15) is 19.2 Å². The second-order valence-corrected chi connectivity index (χ2v) is 10.5. The smallest absolute Gasteiger partial charge is 0.338 e. The van der Waals surface area contributed by atoms with Gasteiger partial charge in [-0.15, -0.1) is 11.8 Å². The van der Waals surface area contributed by atoms with Gasteiger partial charge in [-0.25, -0.2) is 4.79 Å². The molecule has 0 fully saturated rings. The fourth-order valence-corrected chi connectivity index (χ4v) is 4.66. The monoisotopic (exact) mass is 613 g/mol. The molecule has 0 saturated carbocycles. The summed E-state index contributed by atoms with van der Waals surface area (Å²) in [6, 6.07) is 29.0. The summed E-state index contributed by atoms with van der Waals surface area (Å²) in [7, 11) is 0. The van der Waals surface area contributed by atoms with Crippen LogP contribution in [0.2, 0.25) is 5.02 Å². The quantitative estimate of drug-likeness (QED) is 0.0991. The van der Waals surface area contributed by atoms with E-state index in [0.717, 1.165) is 4.90 Å². The normalized spacial score (nSPS) is 10.9. The van der Waals surface area contributed by atoms with Gasteiger partial charge in [0.2, 0.25) is 5.91 Å². The Hall–Kier alpha value is -4.86. The molecule has 0 aliphatic rings. The molecule has 4 aromatic carbocycles. The van der Waals surface area contributed by atoms with Crippen molar-refractivity contribution in [2.45, 2.75) is 11.8 Å². The van der Waals surface area contributed by atoms with Crippen LogP contribution in [0.1, 0.15) is 33.2 Å². The maximum Gasteiger partial charge on any atom is 0.338 e. The summed E-state index contributed by atoms with van der Waals surface area (Å²) in [6.07, 6.45) is 1.52. The number of anilines is 2. The molecule has 4 rings (SSSR count). The molecule has 43 heavy (non-hydrogen) atoms. The van der Waals surface area contributed by atoms with Crippen LogP contribution < -0.4 is 16.0 Å². The van der Waals surface area contributed by atoms with E-state index in [1.54, 1.807) is 110 Å². The van der Waals surface area contributed by atoms with Gasteiger partial charge in [0.25, 0.3) is 11.8 Å². The Bertz CT molecular complexity index is 1620. The molecule has 4 aromatic rings. The Labute approximate surface area is 258 Å². The van der Waals surface area contributed by atoms with Crippen LogP contribution in [-0.2, 0) is 14.3 Å². The molecule has 0 atom stereocenters. The summed E-state index contributed by atoms with van der Waals surface area (Å²) in [6.45, 7) is 2.02. The number of carbonyl (C=O) groups is 4. The zero-order chi connectivity index (χ0) is 30.6. The number of carbonyl (C=O) groups excluding carboxylic acids is 4. The number of nitrogens with one attached hydrogen (secondary N) is 3. The van der Waals surface area contributed by atoms with Crippen molar-refractivity contribution in [3.8, 4) is 0 Å². The molecule has 10 heteroatoms. The highest BCUT2D eigenvalue weighted by Crippen LogP contribution is 2.22. The van der Waals surface area contributed by atoms with E-state index < -0.39 is 17.8 Å². The number of hydrogen-bond acceptors (Lipinski definition) is 6. The van der Waals surface area contributed by atoms with Crippen molar-refractivity contribution >= 4 is 64.5 Å². The third kappa shape index (κ3) is 9.32. The highest BCUT2D eigenvalue weighted by Gasteiger charge is 2.16. The van der Waals surface area contributed by atoms with Crippen LogP contribution in [0.25, 0.3) is 6.08 Å². The van der Waals surface area contributed by atoms with Gasteiger partial charge in [0.05, 0.1) is 17.9 Å². The van der Waals surface area contributed by atoms with Gasteiger partial charge in [-0.05, 0) is 85.3 Å². The molecule has 0 aliphatic carbocycles. The number of amides is 3. The van der Waals surface area contributed by atoms with Crippen LogP contribution in [0, 0.1) is 0 Å². The van der Waals surface area contributed by atoms with Crippen molar-refractivity contribution in [2.24, 2.45) is 0 Å². The van der Waals surface area contributed by atoms with Crippen LogP contribution in [0.15, 0.2) is 114 Å². The zero-order valence-electron chi connectivity index (χ0n) is 23.1. The van der Waals surface area contributed by atoms with E-state index >= 15 is 0 Å². The van der Waals surface area contributed by atoms with Gasteiger partial charge < -0.3 is 20.7 Å². The Balaban J connectivity index is 1.36. The lowest BCUT2D eigenvalue weighted by Crippen LogP contribution is -2.30. The predicted octanol–water partition coefficient (Wildman–Crippen LogP) is 6.66. The van der Waals surface area contributed by atoms with E-state index in [2.05, 4.69) is 16.0 Å².